The molecule has 20 heavy (non-hydrogen) atoms. The molecule has 1 atom stereocenters. The largest absolute Gasteiger partial charge is 0.381 e. The molecule has 0 aromatic heterocycles. The fourth-order valence-corrected chi connectivity index (χ4v) is 3.97. The van der Waals surface area contributed by atoms with E-state index in [1.165, 1.54) is 57.8 Å². The van der Waals surface area contributed by atoms with Crippen LogP contribution in [-0.2, 0) is 4.74 Å². The van der Waals surface area contributed by atoms with Crippen molar-refractivity contribution in [2.75, 3.05) is 19.8 Å². The van der Waals surface area contributed by atoms with Crippen LogP contribution < -0.4 is 11.1 Å². The quantitative estimate of drug-likeness (QED) is 0.474. The number of aliphatic imine (C=N–C) groups is 1. The van der Waals surface area contributed by atoms with Gasteiger partial charge in [-0.1, -0.05) is 25.7 Å². The smallest absolute Gasteiger partial charge is 0.188 e. The Hall–Kier alpha value is -0.770. The maximum atomic E-state index is 6.06. The monoisotopic (exact) mass is 279 g/mol. The topological polar surface area (TPSA) is 59.6 Å². The van der Waals surface area contributed by atoms with Gasteiger partial charge in [-0.25, -0.2) is 0 Å². The number of ether oxygens (including phenoxy) is 1. The first-order chi connectivity index (χ1) is 9.78. The number of rotatable bonds is 3. The predicted octanol–water partition coefficient (Wildman–Crippen LogP) is 2.43. The van der Waals surface area contributed by atoms with Crippen molar-refractivity contribution in [3.63, 3.8) is 0 Å². The molecule has 1 heterocycles. The molecular weight excluding hydrogens is 250 g/mol. The predicted molar refractivity (Wildman–Crippen MR) is 81.7 cm³/mol. The summed E-state index contributed by atoms with van der Waals surface area (Å²) in [7, 11) is 0. The van der Waals surface area contributed by atoms with Gasteiger partial charge >= 0.3 is 0 Å². The number of guanidine groups is 1. The number of hydrogen-bond acceptors (Lipinski definition) is 2. The van der Waals surface area contributed by atoms with Crippen LogP contribution in [0.3, 0.4) is 0 Å². The summed E-state index contributed by atoms with van der Waals surface area (Å²) in [6.07, 6.45) is 11.7. The molecule has 0 aromatic rings. The van der Waals surface area contributed by atoms with Crippen LogP contribution >= 0.6 is 0 Å². The first-order valence-electron chi connectivity index (χ1n) is 8.43. The summed E-state index contributed by atoms with van der Waals surface area (Å²) in [5.74, 6) is 1.42. The standard InChI is InChI=1S/C16H29N3O/c17-15(19-14-5-3-1-2-4-6-14)18-12-13-11-16(13)7-9-20-10-8-16/h13-14H,1-12H2,(H3,17,18,19). The van der Waals surface area contributed by atoms with Gasteiger partial charge in [0.25, 0.3) is 0 Å². The van der Waals surface area contributed by atoms with E-state index in [9.17, 15) is 0 Å². The minimum atomic E-state index is 0.553. The van der Waals surface area contributed by atoms with Crippen LogP contribution in [0.1, 0.15) is 57.8 Å². The first kappa shape index (κ1) is 14.2. The zero-order chi connectivity index (χ0) is 13.8. The molecule has 114 valence electrons. The molecule has 4 nitrogen and oxygen atoms in total. The van der Waals surface area contributed by atoms with Crippen LogP contribution in [0.25, 0.3) is 0 Å². The third-order valence-electron chi connectivity index (χ3n) is 5.54. The minimum Gasteiger partial charge on any atom is -0.381 e. The molecule has 4 heteroatoms. The highest BCUT2D eigenvalue weighted by Crippen LogP contribution is 2.59. The molecule has 0 aromatic carbocycles. The van der Waals surface area contributed by atoms with Gasteiger partial charge in [0.05, 0.1) is 0 Å². The van der Waals surface area contributed by atoms with Crippen LogP contribution in [0.5, 0.6) is 0 Å². The molecule has 1 aliphatic heterocycles. The van der Waals surface area contributed by atoms with Crippen molar-refractivity contribution in [3.05, 3.63) is 0 Å². The molecule has 2 aliphatic carbocycles. The maximum absolute atomic E-state index is 6.06. The van der Waals surface area contributed by atoms with E-state index in [2.05, 4.69) is 10.3 Å². The van der Waals surface area contributed by atoms with E-state index in [4.69, 9.17) is 10.5 Å². The highest BCUT2D eigenvalue weighted by atomic mass is 16.5. The third kappa shape index (κ3) is 3.46. The van der Waals surface area contributed by atoms with E-state index in [1.807, 2.05) is 0 Å². The number of nitrogens with two attached hydrogens (primary N) is 1. The van der Waals surface area contributed by atoms with Crippen LogP contribution in [0.4, 0.5) is 0 Å². The van der Waals surface area contributed by atoms with Crippen molar-refractivity contribution in [3.8, 4) is 0 Å². The summed E-state index contributed by atoms with van der Waals surface area (Å²) in [5.41, 5.74) is 6.62. The van der Waals surface area contributed by atoms with Gasteiger partial charge in [0, 0.05) is 25.8 Å². The van der Waals surface area contributed by atoms with E-state index < -0.39 is 0 Å². The third-order valence-corrected chi connectivity index (χ3v) is 5.54. The average Bonchev–Trinajstić information content (AvgIpc) is 3.18. The van der Waals surface area contributed by atoms with Gasteiger partial charge in [-0.15, -0.1) is 0 Å². The van der Waals surface area contributed by atoms with Crippen molar-refractivity contribution in [1.29, 1.82) is 0 Å². The van der Waals surface area contributed by atoms with Gasteiger partial charge in [0.15, 0.2) is 5.96 Å². The molecule has 1 spiro atoms. The molecule has 1 saturated heterocycles. The molecule has 3 rings (SSSR count). The van der Waals surface area contributed by atoms with E-state index >= 15 is 0 Å². The Kier molecular flexibility index (Phi) is 4.49. The second-order valence-corrected chi connectivity index (χ2v) is 6.93. The molecular formula is C16H29N3O. The van der Waals surface area contributed by atoms with E-state index in [0.717, 1.165) is 25.7 Å². The lowest BCUT2D eigenvalue weighted by atomic mass is 9.94. The van der Waals surface area contributed by atoms with Gasteiger partial charge in [0.1, 0.15) is 0 Å². The molecule has 0 bridgehead atoms. The molecule has 3 N–H and O–H groups in total. The van der Waals surface area contributed by atoms with Gasteiger partial charge in [0.2, 0.25) is 0 Å². The molecule has 0 amide bonds. The summed E-state index contributed by atoms with van der Waals surface area (Å²) in [6, 6.07) is 0.553. The zero-order valence-corrected chi connectivity index (χ0v) is 12.6. The lowest BCUT2D eigenvalue weighted by molar-refractivity contribution is 0.0525. The second kappa shape index (κ2) is 6.33. The highest BCUT2D eigenvalue weighted by Gasteiger charge is 2.53. The summed E-state index contributed by atoms with van der Waals surface area (Å²) in [5, 5.41) is 3.44. The number of hydrogen-bond donors (Lipinski definition) is 2. The van der Waals surface area contributed by atoms with Crippen molar-refractivity contribution in [1.82, 2.24) is 5.32 Å². The normalized spacial score (nSPS) is 31.0. The second-order valence-electron chi connectivity index (χ2n) is 6.93. The molecule has 1 unspecified atom stereocenters. The van der Waals surface area contributed by atoms with Crippen LogP contribution in [-0.4, -0.2) is 31.8 Å². The van der Waals surface area contributed by atoms with E-state index in [-0.39, 0.29) is 0 Å². The average molecular weight is 279 g/mol. The van der Waals surface area contributed by atoms with Crippen LogP contribution in [0.15, 0.2) is 4.99 Å². The summed E-state index contributed by atoms with van der Waals surface area (Å²) >= 11 is 0. The fourth-order valence-electron chi connectivity index (χ4n) is 3.97. The summed E-state index contributed by atoms with van der Waals surface area (Å²) in [6.45, 7) is 2.79. The fraction of sp³-hybridized carbons (Fsp3) is 0.938. The molecule has 3 fully saturated rings. The number of nitrogens with one attached hydrogen (secondary N) is 1. The van der Waals surface area contributed by atoms with Crippen molar-refractivity contribution < 1.29 is 4.74 Å². The van der Waals surface area contributed by atoms with E-state index in [0.29, 0.717) is 17.4 Å². The van der Waals surface area contributed by atoms with Crippen LogP contribution in [0, 0.1) is 11.3 Å². The van der Waals surface area contributed by atoms with Crippen molar-refractivity contribution in [2.45, 2.75) is 63.8 Å². The Labute approximate surface area is 122 Å². The molecule has 2 saturated carbocycles. The summed E-state index contributed by atoms with van der Waals surface area (Å²) in [4.78, 5) is 4.60. The Morgan fingerprint density at radius 3 is 2.55 bits per heavy atom. The first-order valence-corrected chi connectivity index (χ1v) is 8.43. The van der Waals surface area contributed by atoms with E-state index in [1.54, 1.807) is 0 Å². The van der Waals surface area contributed by atoms with Crippen molar-refractivity contribution in [2.24, 2.45) is 22.1 Å². The summed E-state index contributed by atoms with van der Waals surface area (Å²) < 4.78 is 5.46. The number of nitrogens with zero attached hydrogens (tertiary/aromatic N) is 1. The zero-order valence-electron chi connectivity index (χ0n) is 12.6. The van der Waals surface area contributed by atoms with Gasteiger partial charge in [-0.2, -0.15) is 0 Å². The molecule has 3 aliphatic rings. The lowest BCUT2D eigenvalue weighted by Gasteiger charge is -2.22. The Morgan fingerprint density at radius 1 is 1.15 bits per heavy atom. The van der Waals surface area contributed by atoms with Gasteiger partial charge < -0.3 is 15.8 Å². The SMILES string of the molecule is NC(=NCC1CC12CCOCC2)NC1CCCCCC1. The highest BCUT2D eigenvalue weighted by molar-refractivity contribution is 5.78. The van der Waals surface area contributed by atoms with Crippen molar-refractivity contribution >= 4 is 5.96 Å². The minimum absolute atomic E-state index is 0.553. The maximum Gasteiger partial charge on any atom is 0.188 e. The Bertz CT molecular complexity index is 342. The van der Waals surface area contributed by atoms with Gasteiger partial charge in [-0.05, 0) is 43.4 Å². The van der Waals surface area contributed by atoms with Crippen LogP contribution in [0.2, 0.25) is 0 Å². The molecule has 0 radical (unpaired) electrons. The van der Waals surface area contributed by atoms with Gasteiger partial charge in [-0.3, -0.25) is 4.99 Å². The Morgan fingerprint density at radius 2 is 1.85 bits per heavy atom. The Balaban J connectivity index is 1.42. The lowest BCUT2D eigenvalue weighted by Crippen LogP contribution is -2.40.